The lowest BCUT2D eigenvalue weighted by molar-refractivity contribution is -0.123. The third-order valence-electron chi connectivity index (χ3n) is 5.06. The van der Waals surface area contributed by atoms with Crippen LogP contribution in [-0.4, -0.2) is 22.0 Å². The average Bonchev–Trinajstić information content (AvgIpc) is 2.95. The number of benzene rings is 2. The Hall–Kier alpha value is -2.62. The molecule has 0 aliphatic rings. The quantitative estimate of drug-likeness (QED) is 0.709. The van der Waals surface area contributed by atoms with Crippen molar-refractivity contribution >= 4 is 16.9 Å². The molecule has 4 heteroatoms. The summed E-state index contributed by atoms with van der Waals surface area (Å²) in [6, 6.07) is 12.7. The first kappa shape index (κ1) is 19.2. The van der Waals surface area contributed by atoms with Gasteiger partial charge in [0, 0.05) is 25.4 Å². The lowest BCUT2D eigenvalue weighted by Gasteiger charge is -2.15. The fourth-order valence-corrected chi connectivity index (χ4v) is 3.61. The van der Waals surface area contributed by atoms with Crippen molar-refractivity contribution in [3.8, 4) is 0 Å². The molecule has 1 amide bonds. The van der Waals surface area contributed by atoms with Gasteiger partial charge in [-0.2, -0.15) is 0 Å². The predicted molar refractivity (Wildman–Crippen MR) is 111 cm³/mol. The zero-order chi connectivity index (χ0) is 19.6. The molecule has 0 atom stereocenters. The van der Waals surface area contributed by atoms with Gasteiger partial charge in [0.15, 0.2) is 0 Å². The van der Waals surface area contributed by atoms with Crippen LogP contribution in [0.15, 0.2) is 36.4 Å². The van der Waals surface area contributed by atoms with E-state index in [2.05, 4.69) is 61.0 Å². The summed E-state index contributed by atoms with van der Waals surface area (Å²) in [6.07, 6.45) is 0.719. The van der Waals surface area contributed by atoms with E-state index in [9.17, 15) is 4.79 Å². The lowest BCUT2D eigenvalue weighted by Crippen LogP contribution is -2.30. The number of amides is 1. The Bertz CT molecular complexity index is 946. The van der Waals surface area contributed by atoms with Gasteiger partial charge in [-0.3, -0.25) is 4.79 Å². The topological polar surface area (TPSA) is 46.9 Å². The maximum Gasteiger partial charge on any atom is 0.222 e. The fourth-order valence-electron chi connectivity index (χ4n) is 3.61. The maximum atomic E-state index is 11.9. The van der Waals surface area contributed by atoms with E-state index in [1.165, 1.54) is 22.3 Å². The molecule has 0 spiro atoms. The van der Waals surface area contributed by atoms with Crippen molar-refractivity contribution < 1.29 is 4.79 Å². The predicted octanol–water partition coefficient (Wildman–Crippen LogP) is 4.32. The van der Waals surface area contributed by atoms with Crippen LogP contribution in [0.5, 0.6) is 0 Å². The molecule has 4 nitrogen and oxygen atoms in total. The Morgan fingerprint density at radius 1 is 1.11 bits per heavy atom. The Labute approximate surface area is 161 Å². The first-order valence-corrected chi connectivity index (χ1v) is 9.65. The second-order valence-electron chi connectivity index (χ2n) is 7.68. The van der Waals surface area contributed by atoms with Crippen molar-refractivity contribution in [1.29, 1.82) is 0 Å². The van der Waals surface area contributed by atoms with Gasteiger partial charge in [-0.15, -0.1) is 0 Å². The average molecular weight is 364 g/mol. The smallest absolute Gasteiger partial charge is 0.222 e. The van der Waals surface area contributed by atoms with Crippen LogP contribution in [0.1, 0.15) is 41.9 Å². The number of carbonyl (C=O) groups is 1. The minimum atomic E-state index is 0.00155. The number of hydrogen-bond donors (Lipinski definition) is 1. The van der Waals surface area contributed by atoms with Gasteiger partial charge in [0.05, 0.1) is 11.0 Å². The number of rotatable bonds is 6. The summed E-state index contributed by atoms with van der Waals surface area (Å²) in [6.45, 7) is 11.7. The zero-order valence-corrected chi connectivity index (χ0v) is 17.0. The summed E-state index contributed by atoms with van der Waals surface area (Å²) in [4.78, 5) is 16.7. The highest BCUT2D eigenvalue weighted by Gasteiger charge is 2.14. The third-order valence-corrected chi connectivity index (χ3v) is 5.06. The molecule has 3 aromatic rings. The van der Waals surface area contributed by atoms with Crippen molar-refractivity contribution in [2.24, 2.45) is 5.92 Å². The molecule has 3 rings (SSSR count). The second kappa shape index (κ2) is 7.95. The van der Waals surface area contributed by atoms with E-state index in [0.29, 0.717) is 6.54 Å². The number of aryl methyl sites for hydroxylation is 3. The molecule has 0 bridgehead atoms. The van der Waals surface area contributed by atoms with Crippen LogP contribution in [0, 0.1) is 26.7 Å². The van der Waals surface area contributed by atoms with Crippen LogP contribution in [0.3, 0.4) is 0 Å². The first-order valence-electron chi connectivity index (χ1n) is 9.65. The summed E-state index contributed by atoms with van der Waals surface area (Å²) in [5.41, 5.74) is 7.40. The van der Waals surface area contributed by atoms with Crippen molar-refractivity contribution in [2.45, 2.75) is 47.6 Å². The van der Waals surface area contributed by atoms with Crippen LogP contribution < -0.4 is 5.32 Å². The molecule has 1 N–H and O–H groups in total. The Morgan fingerprint density at radius 2 is 1.78 bits per heavy atom. The highest BCUT2D eigenvalue weighted by molar-refractivity contribution is 5.78. The fraction of sp³-hybridized carbons (Fsp3) is 0.391. The van der Waals surface area contributed by atoms with E-state index in [-0.39, 0.29) is 11.8 Å². The van der Waals surface area contributed by atoms with Gasteiger partial charge in [-0.05, 0) is 49.6 Å². The summed E-state index contributed by atoms with van der Waals surface area (Å²) >= 11 is 0. The van der Waals surface area contributed by atoms with Gasteiger partial charge in [0.2, 0.25) is 5.91 Å². The van der Waals surface area contributed by atoms with E-state index in [1.807, 2.05) is 19.9 Å². The molecule has 27 heavy (non-hydrogen) atoms. The molecule has 0 unspecified atom stereocenters. The number of nitrogens with one attached hydrogen (secondary N) is 1. The molecule has 1 aromatic heterocycles. The highest BCUT2D eigenvalue weighted by Crippen LogP contribution is 2.22. The number of hydrogen-bond acceptors (Lipinski definition) is 2. The molecule has 0 aliphatic heterocycles. The molecular weight excluding hydrogens is 334 g/mol. The standard InChI is InChI=1S/C23H29N3O/c1-15(2)23(27)24-11-10-22-25-20-8-6-7-9-21(20)26(22)14-19-17(4)12-16(3)13-18(19)5/h6-9,12-13,15H,10-11,14H2,1-5H3,(H,24,27). The van der Waals surface area contributed by atoms with Crippen LogP contribution >= 0.6 is 0 Å². The first-order chi connectivity index (χ1) is 12.9. The van der Waals surface area contributed by atoms with E-state index >= 15 is 0 Å². The van der Waals surface area contributed by atoms with Gasteiger partial charge in [-0.25, -0.2) is 4.98 Å². The van der Waals surface area contributed by atoms with Gasteiger partial charge >= 0.3 is 0 Å². The van der Waals surface area contributed by atoms with Crippen molar-refractivity contribution in [3.05, 3.63) is 64.5 Å². The Balaban J connectivity index is 1.93. The molecule has 1 heterocycles. The van der Waals surface area contributed by atoms with Crippen LogP contribution in [0.25, 0.3) is 11.0 Å². The SMILES string of the molecule is Cc1cc(C)c(Cn2c(CCNC(=O)C(C)C)nc3ccccc32)c(C)c1. The molecule has 2 aromatic carbocycles. The number of para-hydroxylation sites is 2. The van der Waals surface area contributed by atoms with E-state index in [1.54, 1.807) is 0 Å². The van der Waals surface area contributed by atoms with E-state index in [4.69, 9.17) is 4.98 Å². The largest absolute Gasteiger partial charge is 0.355 e. The monoisotopic (exact) mass is 363 g/mol. The molecule has 0 saturated carbocycles. The summed E-state index contributed by atoms with van der Waals surface area (Å²) in [5, 5.41) is 3.00. The molecule has 142 valence electrons. The van der Waals surface area contributed by atoms with E-state index in [0.717, 1.165) is 29.8 Å². The lowest BCUT2D eigenvalue weighted by atomic mass is 9.99. The summed E-state index contributed by atoms with van der Waals surface area (Å²) < 4.78 is 2.29. The number of carbonyl (C=O) groups excluding carboxylic acids is 1. The minimum Gasteiger partial charge on any atom is -0.355 e. The van der Waals surface area contributed by atoms with Crippen molar-refractivity contribution in [3.63, 3.8) is 0 Å². The van der Waals surface area contributed by atoms with Crippen molar-refractivity contribution in [1.82, 2.24) is 14.9 Å². The molecule has 0 aliphatic carbocycles. The van der Waals surface area contributed by atoms with Gasteiger partial charge in [0.1, 0.15) is 5.82 Å². The van der Waals surface area contributed by atoms with E-state index < -0.39 is 0 Å². The van der Waals surface area contributed by atoms with Crippen LogP contribution in [-0.2, 0) is 17.8 Å². The molecule has 0 saturated heterocycles. The van der Waals surface area contributed by atoms with Gasteiger partial charge in [0.25, 0.3) is 0 Å². The van der Waals surface area contributed by atoms with Gasteiger partial charge in [-0.1, -0.05) is 43.7 Å². The molecular formula is C23H29N3O. The van der Waals surface area contributed by atoms with Crippen LogP contribution in [0.4, 0.5) is 0 Å². The number of imidazole rings is 1. The number of nitrogens with zero attached hydrogens (tertiary/aromatic N) is 2. The zero-order valence-electron chi connectivity index (χ0n) is 17.0. The van der Waals surface area contributed by atoms with Crippen molar-refractivity contribution in [2.75, 3.05) is 6.54 Å². The minimum absolute atomic E-state index is 0.00155. The Morgan fingerprint density at radius 3 is 2.44 bits per heavy atom. The number of fused-ring (bicyclic) bond motifs is 1. The molecule has 0 radical (unpaired) electrons. The highest BCUT2D eigenvalue weighted by atomic mass is 16.1. The second-order valence-corrected chi connectivity index (χ2v) is 7.68. The summed E-state index contributed by atoms with van der Waals surface area (Å²) in [5.74, 6) is 1.10. The van der Waals surface area contributed by atoms with Gasteiger partial charge < -0.3 is 9.88 Å². The Kier molecular flexibility index (Phi) is 5.64. The molecule has 0 fully saturated rings. The third kappa shape index (κ3) is 4.21. The maximum absolute atomic E-state index is 11.9. The number of aromatic nitrogens is 2. The normalized spacial score (nSPS) is 11.3. The summed E-state index contributed by atoms with van der Waals surface area (Å²) in [7, 11) is 0. The van der Waals surface area contributed by atoms with Crippen LogP contribution in [0.2, 0.25) is 0 Å².